The van der Waals surface area contributed by atoms with Crippen molar-refractivity contribution in [3.05, 3.63) is 69.3 Å². The van der Waals surface area contributed by atoms with Gasteiger partial charge in [0.1, 0.15) is 0 Å². The first-order chi connectivity index (χ1) is 11.8. The number of para-hydroxylation sites is 1. The average Bonchev–Trinajstić information content (AvgIpc) is 2.54. The number of rotatable bonds is 4. The molecule has 4 N–H and O–H groups in total. The largest absolute Gasteiger partial charge is 0.366 e. The van der Waals surface area contributed by atoms with Crippen LogP contribution in [0.4, 0.5) is 11.4 Å². The van der Waals surface area contributed by atoms with E-state index in [1.165, 1.54) is 31.2 Å². The lowest BCUT2D eigenvalue weighted by Gasteiger charge is -2.12. The highest BCUT2D eigenvalue weighted by Crippen LogP contribution is 2.19. The number of nitro groups is 1. The zero-order valence-electron chi connectivity index (χ0n) is 13.1. The molecule has 9 heteroatoms. The minimum Gasteiger partial charge on any atom is -0.366 e. The lowest BCUT2D eigenvalue weighted by molar-refractivity contribution is -0.385. The summed E-state index contributed by atoms with van der Waals surface area (Å²) in [6.07, 6.45) is 0. The quantitative estimate of drug-likeness (QED) is 0.436. The maximum Gasteiger partial charge on any atom is 0.272 e. The first-order valence-electron chi connectivity index (χ1n) is 7.06. The number of anilines is 1. The third-order valence-corrected chi connectivity index (χ3v) is 3.53. The van der Waals surface area contributed by atoms with Crippen molar-refractivity contribution in [2.75, 3.05) is 5.32 Å². The number of thiocarbonyl (C=S) groups is 1. The molecule has 0 saturated heterocycles. The number of carbonyl (C=O) groups is 2. The van der Waals surface area contributed by atoms with Crippen LogP contribution in [-0.2, 0) is 0 Å². The number of primary amides is 1. The summed E-state index contributed by atoms with van der Waals surface area (Å²) in [7, 11) is 0. The topological polar surface area (TPSA) is 127 Å². The Bertz CT molecular complexity index is 882. The van der Waals surface area contributed by atoms with Crippen molar-refractivity contribution in [1.29, 1.82) is 0 Å². The van der Waals surface area contributed by atoms with Crippen molar-refractivity contribution in [3.8, 4) is 0 Å². The summed E-state index contributed by atoms with van der Waals surface area (Å²) in [5.74, 6) is -1.17. The number of amides is 2. The minimum atomic E-state index is -0.636. The molecular weight excluding hydrogens is 344 g/mol. The second-order valence-electron chi connectivity index (χ2n) is 5.08. The van der Waals surface area contributed by atoms with Gasteiger partial charge < -0.3 is 11.1 Å². The van der Waals surface area contributed by atoms with Crippen molar-refractivity contribution < 1.29 is 14.5 Å². The summed E-state index contributed by atoms with van der Waals surface area (Å²) < 4.78 is 0. The van der Waals surface area contributed by atoms with E-state index in [-0.39, 0.29) is 21.9 Å². The number of aryl methyl sites for hydroxylation is 1. The molecule has 0 fully saturated rings. The Labute approximate surface area is 148 Å². The minimum absolute atomic E-state index is 0.0327. The van der Waals surface area contributed by atoms with Crippen LogP contribution in [0.3, 0.4) is 0 Å². The Balaban J connectivity index is 2.11. The van der Waals surface area contributed by atoms with E-state index >= 15 is 0 Å². The molecule has 0 spiro atoms. The van der Waals surface area contributed by atoms with E-state index in [2.05, 4.69) is 10.6 Å². The van der Waals surface area contributed by atoms with Crippen LogP contribution >= 0.6 is 12.2 Å². The average molecular weight is 358 g/mol. The summed E-state index contributed by atoms with van der Waals surface area (Å²) in [6, 6.07) is 10.4. The molecule has 0 radical (unpaired) electrons. The van der Waals surface area contributed by atoms with Crippen LogP contribution in [0.2, 0.25) is 0 Å². The number of hydrogen-bond donors (Lipinski definition) is 3. The summed E-state index contributed by atoms with van der Waals surface area (Å²) >= 11 is 5.06. The second kappa shape index (κ2) is 7.49. The van der Waals surface area contributed by atoms with Crippen molar-refractivity contribution in [3.63, 3.8) is 0 Å². The SMILES string of the molecule is Cc1cc(C(=O)NC(=S)Nc2ccccc2C(N)=O)ccc1[N+](=O)[O-]. The van der Waals surface area contributed by atoms with Crippen LogP contribution in [-0.4, -0.2) is 21.9 Å². The maximum atomic E-state index is 12.2. The Kier molecular flexibility index (Phi) is 5.40. The van der Waals surface area contributed by atoms with Gasteiger partial charge in [-0.05, 0) is 43.4 Å². The first kappa shape index (κ1) is 18.0. The molecule has 0 aliphatic rings. The molecule has 0 heterocycles. The number of nitrogens with two attached hydrogens (primary N) is 1. The van der Waals surface area contributed by atoms with Gasteiger partial charge in [-0.3, -0.25) is 25.0 Å². The van der Waals surface area contributed by atoms with Crippen LogP contribution in [0.5, 0.6) is 0 Å². The van der Waals surface area contributed by atoms with Crippen LogP contribution < -0.4 is 16.4 Å². The van der Waals surface area contributed by atoms with Crippen LogP contribution in [0.1, 0.15) is 26.3 Å². The molecule has 0 saturated carbocycles. The molecule has 2 aromatic rings. The smallest absolute Gasteiger partial charge is 0.272 e. The molecule has 0 aromatic heterocycles. The lowest BCUT2D eigenvalue weighted by Crippen LogP contribution is -2.34. The molecule has 2 aromatic carbocycles. The van der Waals surface area contributed by atoms with E-state index in [9.17, 15) is 19.7 Å². The zero-order chi connectivity index (χ0) is 18.6. The van der Waals surface area contributed by atoms with Crippen LogP contribution in [0.25, 0.3) is 0 Å². The predicted molar refractivity (Wildman–Crippen MR) is 96.5 cm³/mol. The van der Waals surface area contributed by atoms with Crippen LogP contribution in [0, 0.1) is 17.0 Å². The van der Waals surface area contributed by atoms with Gasteiger partial charge in [0, 0.05) is 17.2 Å². The van der Waals surface area contributed by atoms with Crippen molar-refractivity contribution >= 4 is 40.5 Å². The van der Waals surface area contributed by atoms with Gasteiger partial charge in [-0.2, -0.15) is 0 Å². The van der Waals surface area contributed by atoms with Gasteiger partial charge in [0.05, 0.1) is 16.2 Å². The number of benzene rings is 2. The fourth-order valence-corrected chi connectivity index (χ4v) is 2.34. The number of nitrogens with zero attached hydrogens (tertiary/aromatic N) is 1. The molecule has 0 aliphatic carbocycles. The highest BCUT2D eigenvalue weighted by molar-refractivity contribution is 7.80. The molecule has 0 atom stereocenters. The third kappa shape index (κ3) is 4.36. The highest BCUT2D eigenvalue weighted by Gasteiger charge is 2.15. The lowest BCUT2D eigenvalue weighted by atomic mass is 10.1. The Morgan fingerprint density at radius 1 is 1.20 bits per heavy atom. The van der Waals surface area contributed by atoms with Gasteiger partial charge in [-0.1, -0.05) is 12.1 Å². The van der Waals surface area contributed by atoms with Crippen molar-refractivity contribution in [1.82, 2.24) is 5.32 Å². The number of nitro benzene ring substituents is 1. The normalized spacial score (nSPS) is 9.96. The fraction of sp³-hybridized carbons (Fsp3) is 0.0625. The number of carbonyl (C=O) groups excluding carboxylic acids is 2. The van der Waals surface area contributed by atoms with E-state index in [0.717, 1.165) is 0 Å². The van der Waals surface area contributed by atoms with Crippen LogP contribution in [0.15, 0.2) is 42.5 Å². The Morgan fingerprint density at radius 3 is 2.48 bits per heavy atom. The number of hydrogen-bond acceptors (Lipinski definition) is 5. The van der Waals surface area contributed by atoms with Gasteiger partial charge in [-0.25, -0.2) is 0 Å². The Morgan fingerprint density at radius 2 is 1.88 bits per heavy atom. The molecule has 8 nitrogen and oxygen atoms in total. The van der Waals surface area contributed by atoms with E-state index in [1.807, 2.05) is 0 Å². The highest BCUT2D eigenvalue weighted by atomic mass is 32.1. The fourth-order valence-electron chi connectivity index (χ4n) is 2.14. The summed E-state index contributed by atoms with van der Waals surface area (Å²) in [6.45, 7) is 1.54. The summed E-state index contributed by atoms with van der Waals surface area (Å²) in [5.41, 5.74) is 6.36. The monoisotopic (exact) mass is 358 g/mol. The van der Waals surface area contributed by atoms with Crippen molar-refractivity contribution in [2.24, 2.45) is 5.73 Å². The molecule has 0 aliphatic heterocycles. The van der Waals surface area contributed by atoms with E-state index in [1.54, 1.807) is 18.2 Å². The summed E-state index contributed by atoms with van der Waals surface area (Å²) in [4.78, 5) is 33.8. The summed E-state index contributed by atoms with van der Waals surface area (Å²) in [5, 5.41) is 15.9. The maximum absolute atomic E-state index is 12.2. The standard InChI is InChI=1S/C16H14N4O4S/c1-9-8-10(6-7-13(9)20(23)24)15(22)19-16(25)18-12-5-3-2-4-11(12)14(17)21/h2-8H,1H3,(H2,17,21)(H2,18,19,22,25). The Hall–Kier alpha value is -3.33. The molecule has 2 rings (SSSR count). The molecule has 2 amide bonds. The van der Waals surface area contributed by atoms with E-state index < -0.39 is 16.7 Å². The zero-order valence-corrected chi connectivity index (χ0v) is 13.9. The van der Waals surface area contributed by atoms with Gasteiger partial charge in [-0.15, -0.1) is 0 Å². The van der Waals surface area contributed by atoms with Gasteiger partial charge >= 0.3 is 0 Å². The number of nitrogens with one attached hydrogen (secondary N) is 2. The van der Waals surface area contributed by atoms with E-state index in [4.69, 9.17) is 18.0 Å². The predicted octanol–water partition coefficient (Wildman–Crippen LogP) is 2.13. The van der Waals surface area contributed by atoms with Gasteiger partial charge in [0.2, 0.25) is 0 Å². The molecule has 25 heavy (non-hydrogen) atoms. The van der Waals surface area contributed by atoms with E-state index in [0.29, 0.717) is 11.3 Å². The third-order valence-electron chi connectivity index (χ3n) is 3.32. The van der Waals surface area contributed by atoms with Crippen molar-refractivity contribution in [2.45, 2.75) is 6.92 Å². The van der Waals surface area contributed by atoms with Gasteiger partial charge in [0.15, 0.2) is 5.11 Å². The second-order valence-corrected chi connectivity index (χ2v) is 5.48. The molecule has 0 bridgehead atoms. The van der Waals surface area contributed by atoms with Gasteiger partial charge in [0.25, 0.3) is 17.5 Å². The molecule has 128 valence electrons. The molecular formula is C16H14N4O4S. The molecule has 0 unspecified atom stereocenters. The first-order valence-corrected chi connectivity index (χ1v) is 7.46.